The number of nitrogens with one attached hydrogen (secondary N) is 2. The highest BCUT2D eigenvalue weighted by molar-refractivity contribution is 5.85. The molecule has 1 unspecified atom stereocenters. The summed E-state index contributed by atoms with van der Waals surface area (Å²) in [5, 5.41) is 10.7. The Kier molecular flexibility index (Phi) is 6.59. The van der Waals surface area contributed by atoms with Gasteiger partial charge in [0.2, 0.25) is 0 Å². The average Bonchev–Trinajstić information content (AvgIpc) is 3.35. The number of Topliss-reactive ketones (excluding diaryl/α,β-unsaturated/α-hetero) is 1. The minimum absolute atomic E-state index is 0.238. The van der Waals surface area contributed by atoms with E-state index in [0.29, 0.717) is 35.6 Å². The summed E-state index contributed by atoms with van der Waals surface area (Å²) in [5.74, 6) is 3.74. The molecule has 1 aliphatic heterocycles. The highest BCUT2D eigenvalue weighted by Crippen LogP contribution is 2.67. The molecule has 196 valence electrons. The van der Waals surface area contributed by atoms with Crippen LogP contribution >= 0.6 is 0 Å². The van der Waals surface area contributed by atoms with Crippen molar-refractivity contribution < 1.29 is 14.4 Å². The van der Waals surface area contributed by atoms with Gasteiger partial charge in [-0.2, -0.15) is 0 Å². The van der Waals surface area contributed by atoms with Gasteiger partial charge in [0.25, 0.3) is 0 Å². The van der Waals surface area contributed by atoms with Crippen LogP contribution in [0.15, 0.2) is 5.16 Å². The number of ketones is 1. The third kappa shape index (κ3) is 4.57. The van der Waals surface area contributed by atoms with E-state index >= 15 is 0 Å². The molecule has 1 heterocycles. The van der Waals surface area contributed by atoms with Gasteiger partial charge >= 0.3 is 6.09 Å². The monoisotopic (exact) mass is 485 g/mol. The first kappa shape index (κ1) is 25.2. The van der Waals surface area contributed by atoms with Crippen molar-refractivity contribution in [3.63, 3.8) is 0 Å². The molecule has 1 saturated heterocycles. The highest BCUT2D eigenvalue weighted by atomic mass is 16.7. The first-order chi connectivity index (χ1) is 16.5. The predicted octanol–water partition coefficient (Wildman–Crippen LogP) is 5.70. The molecule has 5 rings (SSSR count). The number of fused-ring (bicyclic) bond motifs is 5. The summed E-state index contributed by atoms with van der Waals surface area (Å²) >= 11 is 0. The maximum Gasteiger partial charge on any atom is 0.433 e. The van der Waals surface area contributed by atoms with Gasteiger partial charge in [-0.1, -0.05) is 32.9 Å². The van der Waals surface area contributed by atoms with Crippen LogP contribution in [0.2, 0.25) is 0 Å². The fourth-order valence-corrected chi connectivity index (χ4v) is 9.52. The van der Waals surface area contributed by atoms with Crippen molar-refractivity contribution >= 4 is 17.6 Å². The normalized spacial score (nSPS) is 44.8. The lowest BCUT2D eigenvalue weighted by Gasteiger charge is -2.60. The highest BCUT2D eigenvalue weighted by Gasteiger charge is 2.60. The quantitative estimate of drug-likeness (QED) is 0.304. The molecule has 0 spiro atoms. The Morgan fingerprint density at radius 2 is 1.83 bits per heavy atom. The van der Waals surface area contributed by atoms with Crippen molar-refractivity contribution in [3.05, 3.63) is 0 Å². The van der Waals surface area contributed by atoms with E-state index in [2.05, 4.69) is 50.4 Å². The van der Waals surface area contributed by atoms with Gasteiger partial charge in [-0.25, -0.2) is 4.79 Å². The lowest BCUT2D eigenvalue weighted by Crippen LogP contribution is -2.53. The second-order valence-electron chi connectivity index (χ2n) is 14.0. The summed E-state index contributed by atoms with van der Waals surface area (Å²) in [6.07, 6.45) is 10.7. The largest absolute Gasteiger partial charge is 0.433 e. The molecule has 1 amide bonds. The first-order valence-corrected chi connectivity index (χ1v) is 14.3. The molecule has 2 N–H and O–H groups in total. The molecule has 6 heteroatoms. The second kappa shape index (κ2) is 9.15. The fraction of sp³-hybridized carbons (Fsp3) is 0.897. The van der Waals surface area contributed by atoms with Gasteiger partial charge in [-0.15, -0.1) is 0 Å². The molecule has 0 aromatic carbocycles. The molecule has 0 radical (unpaired) electrons. The molecular weight excluding hydrogens is 438 g/mol. The van der Waals surface area contributed by atoms with Gasteiger partial charge in [0, 0.05) is 37.9 Å². The zero-order chi connectivity index (χ0) is 25.0. The van der Waals surface area contributed by atoms with Gasteiger partial charge in [-0.3, -0.25) is 9.63 Å². The van der Waals surface area contributed by atoms with Crippen LogP contribution in [-0.4, -0.2) is 36.7 Å². The van der Waals surface area contributed by atoms with Crippen molar-refractivity contribution in [1.82, 2.24) is 10.6 Å². The summed E-state index contributed by atoms with van der Waals surface area (Å²) in [6.45, 7) is 13.1. The van der Waals surface area contributed by atoms with E-state index in [0.717, 1.165) is 62.1 Å². The Hall–Kier alpha value is -1.43. The van der Waals surface area contributed by atoms with Crippen LogP contribution in [0.3, 0.4) is 0 Å². The number of carbonyl (C=O) groups excluding carboxylic acids is 2. The van der Waals surface area contributed by atoms with Crippen LogP contribution < -0.4 is 10.6 Å². The number of rotatable bonds is 4. The smallest absolute Gasteiger partial charge is 0.318 e. The Bertz CT molecular complexity index is 884. The van der Waals surface area contributed by atoms with E-state index in [1.165, 1.54) is 32.1 Å². The third-order valence-corrected chi connectivity index (χ3v) is 11.4. The van der Waals surface area contributed by atoms with Crippen LogP contribution in [0.5, 0.6) is 0 Å². The second-order valence-corrected chi connectivity index (χ2v) is 14.0. The SMILES string of the molecule is C/C(=N\OC(=O)NCC1CC(C)(C)CN1)[C@H]1CC[C@H]2[C@@H]3CC[C@H]4CC(=O)CC[C@]4(C)[C@H]3CC[C@]12C. The lowest BCUT2D eigenvalue weighted by atomic mass is 9.44. The molecule has 0 bridgehead atoms. The van der Waals surface area contributed by atoms with Crippen LogP contribution in [0.25, 0.3) is 0 Å². The molecule has 5 fully saturated rings. The number of hydrogen-bond donors (Lipinski definition) is 2. The van der Waals surface area contributed by atoms with Gasteiger partial charge in [0.15, 0.2) is 0 Å². The van der Waals surface area contributed by atoms with Crippen molar-refractivity contribution in [1.29, 1.82) is 0 Å². The van der Waals surface area contributed by atoms with Crippen molar-refractivity contribution in [2.75, 3.05) is 13.1 Å². The molecule has 35 heavy (non-hydrogen) atoms. The molecule has 0 aromatic heterocycles. The fourth-order valence-electron chi connectivity index (χ4n) is 9.52. The summed E-state index contributed by atoms with van der Waals surface area (Å²) in [4.78, 5) is 29.8. The lowest BCUT2D eigenvalue weighted by molar-refractivity contribution is -0.138. The maximum absolute atomic E-state index is 12.3. The van der Waals surface area contributed by atoms with Gasteiger partial charge in [-0.05, 0) is 98.2 Å². The van der Waals surface area contributed by atoms with E-state index in [1.54, 1.807) is 0 Å². The Morgan fingerprint density at radius 1 is 1.06 bits per heavy atom. The first-order valence-electron chi connectivity index (χ1n) is 14.3. The minimum atomic E-state index is -0.447. The Morgan fingerprint density at radius 3 is 2.57 bits per heavy atom. The van der Waals surface area contributed by atoms with E-state index in [-0.39, 0.29) is 10.8 Å². The van der Waals surface area contributed by atoms with E-state index in [4.69, 9.17) is 4.84 Å². The molecule has 4 aliphatic carbocycles. The predicted molar refractivity (Wildman–Crippen MR) is 138 cm³/mol. The molecular formula is C29H47N3O3. The maximum atomic E-state index is 12.3. The van der Waals surface area contributed by atoms with E-state index in [1.807, 2.05) is 0 Å². The number of carbonyl (C=O) groups is 2. The third-order valence-electron chi connectivity index (χ3n) is 11.4. The van der Waals surface area contributed by atoms with Crippen LogP contribution in [0.1, 0.15) is 98.8 Å². The zero-order valence-corrected chi connectivity index (χ0v) is 22.6. The number of nitrogens with zero attached hydrogens (tertiary/aromatic N) is 1. The van der Waals surface area contributed by atoms with Gasteiger partial charge in [0.1, 0.15) is 5.78 Å². The van der Waals surface area contributed by atoms with Crippen molar-refractivity contribution in [3.8, 4) is 0 Å². The number of amides is 1. The molecule has 5 aliphatic rings. The number of hydrogen-bond acceptors (Lipinski definition) is 5. The average molecular weight is 486 g/mol. The topological polar surface area (TPSA) is 79.8 Å². The van der Waals surface area contributed by atoms with Crippen LogP contribution in [0, 0.1) is 45.8 Å². The van der Waals surface area contributed by atoms with Crippen molar-refractivity contribution in [2.24, 2.45) is 51.0 Å². The Labute approximate surface area is 211 Å². The number of oxime groups is 1. The van der Waals surface area contributed by atoms with Crippen LogP contribution in [-0.2, 0) is 9.63 Å². The van der Waals surface area contributed by atoms with E-state index in [9.17, 15) is 9.59 Å². The summed E-state index contributed by atoms with van der Waals surface area (Å²) in [6, 6.07) is 0.298. The minimum Gasteiger partial charge on any atom is -0.318 e. The standard InChI is InChI=1S/C29H47N3O3/c1-18(32-35-26(34)30-16-20-15-27(2,3)17-31-20)23-8-9-24-22-7-6-19-14-21(33)10-12-28(19,4)25(22)11-13-29(23,24)5/h19-20,22-25,31H,6-17H2,1-5H3,(H,30,34)/b32-18+/t19-,20?,22-,23+,24-,25-,28-,29+/m0/s1. The Balaban J connectivity index is 1.19. The summed E-state index contributed by atoms with van der Waals surface area (Å²) in [5.41, 5.74) is 1.85. The summed E-state index contributed by atoms with van der Waals surface area (Å²) < 4.78 is 0. The van der Waals surface area contributed by atoms with Gasteiger partial charge in [0.05, 0.1) is 5.71 Å². The van der Waals surface area contributed by atoms with Gasteiger partial charge < -0.3 is 10.6 Å². The van der Waals surface area contributed by atoms with Crippen molar-refractivity contribution in [2.45, 2.75) is 105 Å². The van der Waals surface area contributed by atoms with E-state index < -0.39 is 6.09 Å². The zero-order valence-electron chi connectivity index (χ0n) is 22.6. The molecule has 6 nitrogen and oxygen atoms in total. The summed E-state index contributed by atoms with van der Waals surface area (Å²) in [7, 11) is 0. The molecule has 0 aromatic rings. The van der Waals surface area contributed by atoms with Crippen LogP contribution in [0.4, 0.5) is 4.79 Å². The molecule has 4 saturated carbocycles. The molecule has 8 atom stereocenters.